The molecule has 1 aromatic heterocycles. The smallest absolute Gasteiger partial charge is 0.232 e. The highest BCUT2D eigenvalue weighted by Crippen LogP contribution is 2.28. The summed E-state index contributed by atoms with van der Waals surface area (Å²) in [5.74, 6) is 0.737. The van der Waals surface area contributed by atoms with E-state index >= 15 is 0 Å². The lowest BCUT2D eigenvalue weighted by atomic mass is 9.88. The number of carbonyl (C=O) groups excluding carboxylic acids is 1. The lowest BCUT2D eigenvalue weighted by Gasteiger charge is -2.31. The van der Waals surface area contributed by atoms with E-state index in [9.17, 15) is 4.79 Å². The highest BCUT2D eigenvalue weighted by atomic mass is 16.1. The molecule has 0 aliphatic heterocycles. The zero-order chi connectivity index (χ0) is 23.3. The molecule has 0 spiro atoms. The number of nitrogens with one attached hydrogen (secondary N) is 2. The van der Waals surface area contributed by atoms with Crippen molar-refractivity contribution >= 4 is 22.6 Å². The van der Waals surface area contributed by atoms with Crippen molar-refractivity contribution in [1.29, 1.82) is 0 Å². The van der Waals surface area contributed by atoms with Gasteiger partial charge in [-0.25, -0.2) is 4.98 Å². The van der Waals surface area contributed by atoms with Gasteiger partial charge in [0, 0.05) is 17.5 Å². The van der Waals surface area contributed by atoms with E-state index in [2.05, 4.69) is 41.8 Å². The first-order valence-electron chi connectivity index (χ1n) is 12.2. The topological polar surface area (TPSA) is 54.0 Å². The molecular formula is C30H31N3O. The number of aromatic nitrogens is 1. The van der Waals surface area contributed by atoms with Gasteiger partial charge in [0.2, 0.25) is 5.91 Å². The number of pyridine rings is 1. The van der Waals surface area contributed by atoms with Gasteiger partial charge < -0.3 is 10.6 Å². The van der Waals surface area contributed by atoms with Crippen LogP contribution in [-0.4, -0.2) is 23.0 Å². The zero-order valence-corrected chi connectivity index (χ0v) is 19.6. The number of hydrogen-bond donors (Lipinski definition) is 2. The minimum Gasteiger partial charge on any atom is -0.367 e. The fourth-order valence-electron chi connectivity index (χ4n) is 5.09. The minimum absolute atomic E-state index is 0.0839. The molecule has 0 radical (unpaired) electrons. The average molecular weight is 450 g/mol. The Morgan fingerprint density at radius 2 is 1.35 bits per heavy atom. The van der Waals surface area contributed by atoms with E-state index in [1.807, 2.05) is 66.7 Å². The maximum absolute atomic E-state index is 13.4. The maximum Gasteiger partial charge on any atom is 0.232 e. The normalized spacial score (nSPS) is 18.1. The third kappa shape index (κ3) is 4.96. The Bertz CT molecular complexity index is 1210. The highest BCUT2D eigenvalue weighted by Gasteiger charge is 2.27. The molecule has 34 heavy (non-hydrogen) atoms. The van der Waals surface area contributed by atoms with Crippen molar-refractivity contribution in [3.8, 4) is 0 Å². The molecule has 0 atom stereocenters. The molecule has 0 saturated heterocycles. The molecule has 1 saturated carbocycles. The summed E-state index contributed by atoms with van der Waals surface area (Å²) in [7, 11) is 0. The summed E-state index contributed by atoms with van der Waals surface area (Å²) in [6.07, 6.45) is 3.96. The van der Waals surface area contributed by atoms with Gasteiger partial charge in [-0.2, -0.15) is 0 Å². The number of carbonyl (C=O) groups is 1. The molecule has 4 aromatic rings. The molecule has 4 nitrogen and oxygen atoms in total. The standard InChI is InChI=1S/C30H31N3O/c1-21-20-28(33-27-15-9-8-14-26(21)27)31-24-16-18-25(19-17-24)32-30(34)29(22-10-4-2-5-11-22)23-12-6-3-7-13-23/h2-15,20,24-25,29H,16-19H2,1H3,(H,31,33)(H,32,34)/t24-,25+. The first-order valence-corrected chi connectivity index (χ1v) is 12.2. The fourth-order valence-corrected chi connectivity index (χ4v) is 5.09. The van der Waals surface area contributed by atoms with Crippen LogP contribution < -0.4 is 10.6 Å². The molecule has 4 heteroatoms. The van der Waals surface area contributed by atoms with E-state index in [-0.39, 0.29) is 17.9 Å². The van der Waals surface area contributed by atoms with Crippen molar-refractivity contribution < 1.29 is 4.79 Å². The predicted molar refractivity (Wildman–Crippen MR) is 139 cm³/mol. The molecule has 0 unspecified atom stereocenters. The van der Waals surface area contributed by atoms with E-state index < -0.39 is 0 Å². The van der Waals surface area contributed by atoms with Gasteiger partial charge in [-0.1, -0.05) is 78.9 Å². The number of nitrogens with zero attached hydrogens (tertiary/aromatic N) is 1. The van der Waals surface area contributed by atoms with Gasteiger partial charge >= 0.3 is 0 Å². The van der Waals surface area contributed by atoms with Crippen LogP contribution in [-0.2, 0) is 4.79 Å². The number of aryl methyl sites for hydroxylation is 1. The van der Waals surface area contributed by atoms with Crippen molar-refractivity contribution in [2.45, 2.75) is 50.6 Å². The zero-order valence-electron chi connectivity index (χ0n) is 19.6. The van der Waals surface area contributed by atoms with Crippen LogP contribution in [0.3, 0.4) is 0 Å². The van der Waals surface area contributed by atoms with Crippen LogP contribution in [0.2, 0.25) is 0 Å². The third-order valence-electron chi connectivity index (χ3n) is 6.88. The first kappa shape index (κ1) is 22.1. The predicted octanol–water partition coefficient (Wildman–Crippen LogP) is 6.21. The Kier molecular flexibility index (Phi) is 6.57. The molecule has 5 rings (SSSR count). The number of para-hydroxylation sites is 1. The Labute approximate surface area is 201 Å². The van der Waals surface area contributed by atoms with Crippen LogP contribution in [0.25, 0.3) is 10.9 Å². The number of benzene rings is 3. The minimum atomic E-state index is -0.289. The van der Waals surface area contributed by atoms with Gasteiger partial charge in [-0.05, 0) is 61.4 Å². The molecule has 3 aromatic carbocycles. The monoisotopic (exact) mass is 449 g/mol. The molecular weight excluding hydrogens is 418 g/mol. The summed E-state index contributed by atoms with van der Waals surface area (Å²) in [6, 6.07) is 31.1. The second-order valence-corrected chi connectivity index (χ2v) is 9.30. The van der Waals surface area contributed by atoms with Crippen LogP contribution in [0.5, 0.6) is 0 Å². The Balaban J connectivity index is 1.22. The van der Waals surface area contributed by atoms with E-state index in [1.54, 1.807) is 0 Å². The van der Waals surface area contributed by atoms with Gasteiger partial charge in [-0.15, -0.1) is 0 Å². The van der Waals surface area contributed by atoms with Gasteiger partial charge in [0.25, 0.3) is 0 Å². The third-order valence-corrected chi connectivity index (χ3v) is 6.88. The van der Waals surface area contributed by atoms with E-state index in [1.165, 1.54) is 10.9 Å². The maximum atomic E-state index is 13.4. The number of fused-ring (bicyclic) bond motifs is 1. The summed E-state index contributed by atoms with van der Waals surface area (Å²) in [6.45, 7) is 2.14. The van der Waals surface area contributed by atoms with Crippen LogP contribution >= 0.6 is 0 Å². The second-order valence-electron chi connectivity index (χ2n) is 9.30. The number of rotatable bonds is 6. The summed E-state index contributed by atoms with van der Waals surface area (Å²) < 4.78 is 0. The summed E-state index contributed by atoms with van der Waals surface area (Å²) in [5.41, 5.74) is 4.32. The Morgan fingerprint density at radius 1 is 0.794 bits per heavy atom. The molecule has 1 aliphatic carbocycles. The van der Waals surface area contributed by atoms with Crippen molar-refractivity contribution in [1.82, 2.24) is 10.3 Å². The second kappa shape index (κ2) is 10.1. The fraction of sp³-hybridized carbons (Fsp3) is 0.267. The molecule has 0 bridgehead atoms. The van der Waals surface area contributed by atoms with Crippen LogP contribution in [0.15, 0.2) is 91.0 Å². The van der Waals surface area contributed by atoms with Crippen molar-refractivity contribution in [2.75, 3.05) is 5.32 Å². The number of amides is 1. The van der Waals surface area contributed by atoms with Crippen molar-refractivity contribution in [3.63, 3.8) is 0 Å². The summed E-state index contributed by atoms with van der Waals surface area (Å²) >= 11 is 0. The molecule has 172 valence electrons. The number of hydrogen-bond acceptors (Lipinski definition) is 3. The Morgan fingerprint density at radius 3 is 2.00 bits per heavy atom. The number of anilines is 1. The van der Waals surface area contributed by atoms with Crippen LogP contribution in [0, 0.1) is 6.92 Å². The van der Waals surface area contributed by atoms with Crippen LogP contribution in [0.4, 0.5) is 5.82 Å². The molecule has 2 N–H and O–H groups in total. The van der Waals surface area contributed by atoms with Gasteiger partial charge in [-0.3, -0.25) is 4.79 Å². The van der Waals surface area contributed by atoms with Gasteiger partial charge in [0.15, 0.2) is 0 Å². The van der Waals surface area contributed by atoms with E-state index in [4.69, 9.17) is 4.98 Å². The molecule has 1 aliphatic rings. The van der Waals surface area contributed by atoms with Crippen molar-refractivity contribution in [2.24, 2.45) is 0 Å². The average Bonchev–Trinajstić information content (AvgIpc) is 2.87. The summed E-state index contributed by atoms with van der Waals surface area (Å²) in [5, 5.41) is 8.19. The molecule has 1 amide bonds. The van der Waals surface area contributed by atoms with Crippen molar-refractivity contribution in [3.05, 3.63) is 108 Å². The molecule has 1 heterocycles. The quantitative estimate of drug-likeness (QED) is 0.368. The summed E-state index contributed by atoms with van der Waals surface area (Å²) in [4.78, 5) is 18.2. The van der Waals surface area contributed by atoms with E-state index in [0.29, 0.717) is 6.04 Å². The lowest BCUT2D eigenvalue weighted by molar-refractivity contribution is -0.122. The van der Waals surface area contributed by atoms with Gasteiger partial charge in [0.1, 0.15) is 5.82 Å². The van der Waals surface area contributed by atoms with Gasteiger partial charge in [0.05, 0.1) is 11.4 Å². The lowest BCUT2D eigenvalue weighted by Crippen LogP contribution is -2.42. The first-order chi connectivity index (χ1) is 16.7. The highest BCUT2D eigenvalue weighted by molar-refractivity contribution is 5.87. The largest absolute Gasteiger partial charge is 0.367 e. The molecule has 1 fully saturated rings. The SMILES string of the molecule is Cc1cc(N[C@H]2CC[C@@H](NC(=O)C(c3ccccc3)c3ccccc3)CC2)nc2ccccc12. The van der Waals surface area contributed by atoms with Crippen LogP contribution in [0.1, 0.15) is 48.3 Å². The Hall–Kier alpha value is -3.66. The van der Waals surface area contributed by atoms with E-state index in [0.717, 1.165) is 48.1 Å².